The molecule has 0 aromatic heterocycles. The van der Waals surface area contributed by atoms with Crippen LogP contribution in [0.15, 0.2) is 11.5 Å². The van der Waals surface area contributed by atoms with Crippen LogP contribution >= 0.6 is 0 Å². The van der Waals surface area contributed by atoms with Gasteiger partial charge in [-0.3, -0.25) is 0 Å². The number of cyclic esters (lactones) is 1. The minimum absolute atomic E-state index is 0.0605. The predicted octanol–water partition coefficient (Wildman–Crippen LogP) is 0.789. The first kappa shape index (κ1) is 21.7. The van der Waals surface area contributed by atoms with Crippen molar-refractivity contribution in [2.24, 2.45) is 0 Å². The van der Waals surface area contributed by atoms with Crippen LogP contribution in [0.4, 0.5) is 0 Å². The van der Waals surface area contributed by atoms with Crippen molar-refractivity contribution >= 4 is 5.97 Å². The van der Waals surface area contributed by atoms with Crippen molar-refractivity contribution in [3.8, 4) is 0 Å². The molecule has 8 heteroatoms. The van der Waals surface area contributed by atoms with Crippen molar-refractivity contribution in [3.63, 3.8) is 0 Å². The molecule has 25 heavy (non-hydrogen) atoms. The third-order valence-electron chi connectivity index (χ3n) is 3.84. The van der Waals surface area contributed by atoms with Crippen molar-refractivity contribution in [1.82, 2.24) is 0 Å². The van der Waals surface area contributed by atoms with Crippen LogP contribution in [0.25, 0.3) is 0 Å². The summed E-state index contributed by atoms with van der Waals surface area (Å²) in [4.78, 5) is 11.3. The van der Waals surface area contributed by atoms with E-state index >= 15 is 0 Å². The monoisotopic (exact) mass is 362 g/mol. The van der Waals surface area contributed by atoms with Crippen molar-refractivity contribution < 1.29 is 39.4 Å². The summed E-state index contributed by atoms with van der Waals surface area (Å²) in [6.45, 7) is 1.88. The van der Waals surface area contributed by atoms with Gasteiger partial charge >= 0.3 is 5.97 Å². The number of ether oxygens (including phenoxy) is 3. The van der Waals surface area contributed by atoms with Crippen LogP contribution in [0.2, 0.25) is 0 Å². The molecule has 0 amide bonds. The molecule has 0 saturated heterocycles. The standard InChI is InChI=1S/C17H30O8/c1-2-3-4-5-6-7-8-23-10-12(19)11-24-16-14(21)17(22)25-15(16)13(20)9-18/h12-13,15,18-21H,2-11H2,1H3/t12?,13-,15+/m0/s1. The van der Waals surface area contributed by atoms with Gasteiger partial charge in [-0.2, -0.15) is 0 Å². The Morgan fingerprint density at radius 1 is 1.12 bits per heavy atom. The minimum atomic E-state index is -1.41. The highest BCUT2D eigenvalue weighted by atomic mass is 16.6. The van der Waals surface area contributed by atoms with Crippen LogP contribution in [0.5, 0.6) is 0 Å². The summed E-state index contributed by atoms with van der Waals surface area (Å²) < 4.78 is 15.3. The zero-order valence-corrected chi connectivity index (χ0v) is 14.7. The first-order valence-corrected chi connectivity index (χ1v) is 8.82. The van der Waals surface area contributed by atoms with Gasteiger partial charge in [0.2, 0.25) is 5.76 Å². The molecular weight excluding hydrogens is 332 g/mol. The van der Waals surface area contributed by atoms with Crippen LogP contribution < -0.4 is 0 Å². The highest BCUT2D eigenvalue weighted by molar-refractivity contribution is 5.89. The van der Waals surface area contributed by atoms with Crippen LogP contribution in [-0.4, -0.2) is 71.1 Å². The highest BCUT2D eigenvalue weighted by Crippen LogP contribution is 2.25. The molecule has 0 bridgehead atoms. The van der Waals surface area contributed by atoms with E-state index in [0.29, 0.717) is 6.61 Å². The summed E-state index contributed by atoms with van der Waals surface area (Å²) in [6.07, 6.45) is 3.23. The summed E-state index contributed by atoms with van der Waals surface area (Å²) in [5.41, 5.74) is 0. The Labute approximate surface area is 148 Å². The average molecular weight is 362 g/mol. The van der Waals surface area contributed by atoms with E-state index < -0.39 is 36.6 Å². The van der Waals surface area contributed by atoms with Crippen molar-refractivity contribution in [2.75, 3.05) is 26.4 Å². The maximum absolute atomic E-state index is 11.3. The summed E-state index contributed by atoms with van der Waals surface area (Å²) in [7, 11) is 0. The van der Waals surface area contributed by atoms with E-state index in [0.717, 1.165) is 12.8 Å². The topological polar surface area (TPSA) is 126 Å². The molecule has 1 aliphatic heterocycles. The van der Waals surface area contributed by atoms with E-state index in [1.54, 1.807) is 0 Å². The lowest BCUT2D eigenvalue weighted by molar-refractivity contribution is -0.148. The second-order valence-electron chi connectivity index (χ2n) is 6.10. The molecule has 1 unspecified atom stereocenters. The second-order valence-corrected chi connectivity index (χ2v) is 6.10. The van der Waals surface area contributed by atoms with Crippen LogP contribution in [-0.2, 0) is 19.0 Å². The van der Waals surface area contributed by atoms with E-state index in [9.17, 15) is 20.1 Å². The summed E-state index contributed by atoms with van der Waals surface area (Å²) >= 11 is 0. The molecule has 1 heterocycles. The molecule has 1 aliphatic rings. The minimum Gasteiger partial charge on any atom is -0.499 e. The largest absolute Gasteiger partial charge is 0.499 e. The van der Waals surface area contributed by atoms with Crippen molar-refractivity contribution in [1.29, 1.82) is 0 Å². The first-order valence-electron chi connectivity index (χ1n) is 8.82. The number of aliphatic hydroxyl groups excluding tert-OH is 4. The number of rotatable bonds is 14. The Morgan fingerprint density at radius 2 is 1.80 bits per heavy atom. The number of unbranched alkanes of at least 4 members (excludes halogenated alkanes) is 5. The zero-order valence-electron chi connectivity index (χ0n) is 14.7. The molecule has 0 fully saturated rings. The van der Waals surface area contributed by atoms with Crippen LogP contribution in [0.3, 0.4) is 0 Å². The van der Waals surface area contributed by atoms with Gasteiger partial charge in [0, 0.05) is 6.61 Å². The van der Waals surface area contributed by atoms with E-state index in [4.69, 9.17) is 19.3 Å². The lowest BCUT2D eigenvalue weighted by Gasteiger charge is -2.19. The molecule has 0 radical (unpaired) electrons. The number of hydrogen-bond acceptors (Lipinski definition) is 8. The van der Waals surface area contributed by atoms with Gasteiger partial charge in [0.25, 0.3) is 0 Å². The van der Waals surface area contributed by atoms with Crippen LogP contribution in [0.1, 0.15) is 45.4 Å². The van der Waals surface area contributed by atoms with Gasteiger partial charge in [0.15, 0.2) is 11.9 Å². The lowest BCUT2D eigenvalue weighted by atomic mass is 10.1. The van der Waals surface area contributed by atoms with E-state index in [2.05, 4.69) is 6.92 Å². The Hall–Kier alpha value is -1.35. The molecule has 8 nitrogen and oxygen atoms in total. The summed E-state index contributed by atoms with van der Waals surface area (Å²) in [5.74, 6) is -2.10. The number of carbonyl (C=O) groups is 1. The molecule has 0 aromatic carbocycles. The fourth-order valence-corrected chi connectivity index (χ4v) is 2.40. The maximum Gasteiger partial charge on any atom is 0.378 e. The van der Waals surface area contributed by atoms with Gasteiger partial charge in [-0.1, -0.05) is 39.0 Å². The van der Waals surface area contributed by atoms with Gasteiger partial charge in [0.05, 0.1) is 13.2 Å². The van der Waals surface area contributed by atoms with Gasteiger partial charge in [-0.15, -0.1) is 0 Å². The molecule has 146 valence electrons. The highest BCUT2D eigenvalue weighted by Gasteiger charge is 2.40. The molecule has 4 N–H and O–H groups in total. The molecule has 3 atom stereocenters. The Morgan fingerprint density at radius 3 is 2.48 bits per heavy atom. The molecule has 0 aliphatic carbocycles. The van der Waals surface area contributed by atoms with Gasteiger partial charge < -0.3 is 34.6 Å². The summed E-state index contributed by atoms with van der Waals surface area (Å²) in [5, 5.41) is 37.9. The number of esters is 1. The summed E-state index contributed by atoms with van der Waals surface area (Å²) in [6, 6.07) is 0. The van der Waals surface area contributed by atoms with E-state index in [1.807, 2.05) is 0 Å². The lowest BCUT2D eigenvalue weighted by Crippen LogP contribution is -2.33. The molecular formula is C17H30O8. The van der Waals surface area contributed by atoms with Gasteiger partial charge in [0.1, 0.15) is 18.8 Å². The molecule has 1 rings (SSSR count). The Kier molecular flexibility index (Phi) is 10.5. The van der Waals surface area contributed by atoms with E-state index in [-0.39, 0.29) is 19.0 Å². The van der Waals surface area contributed by atoms with Gasteiger partial charge in [-0.05, 0) is 6.42 Å². The smallest absolute Gasteiger partial charge is 0.378 e. The first-order chi connectivity index (χ1) is 12.0. The second kappa shape index (κ2) is 12.1. The van der Waals surface area contributed by atoms with Crippen molar-refractivity contribution in [3.05, 3.63) is 11.5 Å². The van der Waals surface area contributed by atoms with E-state index in [1.165, 1.54) is 25.7 Å². The zero-order chi connectivity index (χ0) is 18.7. The average Bonchev–Trinajstić information content (AvgIpc) is 2.89. The molecule has 0 aromatic rings. The van der Waals surface area contributed by atoms with Crippen LogP contribution in [0, 0.1) is 0 Å². The predicted molar refractivity (Wildman–Crippen MR) is 88.8 cm³/mol. The normalized spacial score (nSPS) is 19.8. The fourth-order valence-electron chi connectivity index (χ4n) is 2.40. The number of carbonyl (C=O) groups excluding carboxylic acids is 1. The maximum atomic E-state index is 11.3. The Balaban J connectivity index is 2.22. The SMILES string of the molecule is CCCCCCCCOCC(O)COC1=C(O)C(=O)O[C@@H]1[C@@H](O)CO. The third-order valence-corrected chi connectivity index (χ3v) is 3.84. The number of hydrogen-bond donors (Lipinski definition) is 4. The molecule has 0 spiro atoms. The van der Waals surface area contributed by atoms with Gasteiger partial charge in [-0.25, -0.2) is 4.79 Å². The fraction of sp³-hybridized carbons (Fsp3) is 0.824. The third kappa shape index (κ3) is 7.60. The quantitative estimate of drug-likeness (QED) is 0.264. The van der Waals surface area contributed by atoms with Crippen molar-refractivity contribution in [2.45, 2.75) is 63.8 Å². The Bertz CT molecular complexity index is 423. The molecule has 0 saturated carbocycles. The number of aliphatic hydroxyl groups is 4.